The fraction of sp³-hybridized carbons (Fsp3) is 0.292. The predicted molar refractivity (Wildman–Crippen MR) is 123 cm³/mol. The van der Waals surface area contributed by atoms with Gasteiger partial charge >= 0.3 is 0 Å². The zero-order valence-electron chi connectivity index (χ0n) is 18.6. The number of rotatable bonds is 6. The number of ether oxygens (including phenoxy) is 1. The third kappa shape index (κ3) is 4.55. The number of hydrogen-bond donors (Lipinski definition) is 2. The maximum atomic E-state index is 14.5. The van der Waals surface area contributed by atoms with Gasteiger partial charge in [-0.2, -0.15) is 0 Å². The van der Waals surface area contributed by atoms with E-state index in [1.54, 1.807) is 24.3 Å². The monoisotopic (exact) mass is 466 g/mol. The normalized spacial score (nSPS) is 15.1. The summed E-state index contributed by atoms with van der Waals surface area (Å²) in [4.78, 5) is 26.4. The minimum absolute atomic E-state index is 0.268. The lowest BCUT2D eigenvalue weighted by Gasteiger charge is -2.34. The Labute approximate surface area is 194 Å². The molecule has 176 valence electrons. The maximum absolute atomic E-state index is 14.5. The molecule has 10 heteroatoms. The molecule has 1 amide bonds. The number of H-pyrrole nitrogens is 1. The summed E-state index contributed by atoms with van der Waals surface area (Å²) < 4.78 is 33.1. The number of aromatic nitrogens is 3. The van der Waals surface area contributed by atoms with Gasteiger partial charge in [-0.3, -0.25) is 15.2 Å². The number of carbonyl (C=O) groups is 1. The Balaban J connectivity index is 1.17. The summed E-state index contributed by atoms with van der Waals surface area (Å²) in [5, 5.41) is 2.51. The van der Waals surface area contributed by atoms with Gasteiger partial charge in [-0.25, -0.2) is 18.8 Å². The first-order chi connectivity index (χ1) is 16.5. The van der Waals surface area contributed by atoms with Gasteiger partial charge in [-0.15, -0.1) is 0 Å². The molecule has 4 aromatic rings. The number of methoxy groups -OCH3 is 1. The first-order valence-corrected chi connectivity index (χ1v) is 11.0. The molecule has 1 fully saturated rings. The predicted octanol–water partition coefficient (Wildman–Crippen LogP) is 2.90. The largest absolute Gasteiger partial charge is 0.481 e. The van der Waals surface area contributed by atoms with E-state index in [1.165, 1.54) is 25.4 Å². The van der Waals surface area contributed by atoms with Gasteiger partial charge in [0.05, 0.1) is 24.3 Å². The Morgan fingerprint density at radius 3 is 2.76 bits per heavy atom. The summed E-state index contributed by atoms with van der Waals surface area (Å²) in [6.45, 7) is 3.36. The van der Waals surface area contributed by atoms with Gasteiger partial charge in [0.2, 0.25) is 5.88 Å². The van der Waals surface area contributed by atoms with E-state index in [0.717, 1.165) is 13.1 Å². The van der Waals surface area contributed by atoms with Crippen molar-refractivity contribution in [2.24, 2.45) is 0 Å². The highest BCUT2D eigenvalue weighted by Crippen LogP contribution is 2.22. The quantitative estimate of drug-likeness (QED) is 0.455. The van der Waals surface area contributed by atoms with Crippen molar-refractivity contribution in [3.05, 3.63) is 65.5 Å². The molecular formula is C24H24F2N6O2. The molecule has 2 N–H and O–H groups in total. The number of amides is 1. The van der Waals surface area contributed by atoms with Crippen molar-refractivity contribution in [1.82, 2.24) is 30.3 Å². The molecule has 8 nitrogen and oxygen atoms in total. The lowest BCUT2D eigenvalue weighted by atomic mass is 10.1. The highest BCUT2D eigenvalue weighted by Gasteiger charge is 2.21. The number of aromatic amines is 1. The Morgan fingerprint density at radius 2 is 1.97 bits per heavy atom. The summed E-state index contributed by atoms with van der Waals surface area (Å²) in [7, 11) is 1.52. The summed E-state index contributed by atoms with van der Waals surface area (Å²) in [6, 6.07) is 9.48. The van der Waals surface area contributed by atoms with Gasteiger partial charge in [0.15, 0.2) is 0 Å². The standard InChI is InChI=1S/C24H24F2N6O2/c1-34-22-5-4-20-23(29-22)17(18(26)14-27-20)6-7-31-8-10-32(11-9-31)30-24(33)21-13-15-12-16(25)2-3-19(15)28-21/h2-5,12-14,28H,6-11H2,1H3,(H,30,33). The fourth-order valence-electron chi connectivity index (χ4n) is 4.21. The molecular weight excluding hydrogens is 442 g/mol. The van der Waals surface area contributed by atoms with E-state index in [1.807, 2.05) is 5.01 Å². The van der Waals surface area contributed by atoms with Gasteiger partial charge in [0, 0.05) is 55.3 Å². The third-order valence-electron chi connectivity index (χ3n) is 6.09. The first kappa shape index (κ1) is 22.2. The Morgan fingerprint density at radius 1 is 1.15 bits per heavy atom. The van der Waals surface area contributed by atoms with Crippen LogP contribution in [0.15, 0.2) is 42.6 Å². The highest BCUT2D eigenvalue weighted by molar-refractivity contribution is 5.97. The number of nitrogens with one attached hydrogen (secondary N) is 2. The number of halogens is 2. The number of hydrazine groups is 1. The number of nitrogens with zero attached hydrogens (tertiary/aromatic N) is 4. The molecule has 1 saturated heterocycles. The number of fused-ring (bicyclic) bond motifs is 2. The third-order valence-corrected chi connectivity index (χ3v) is 6.09. The van der Waals surface area contributed by atoms with Crippen LogP contribution in [0, 0.1) is 11.6 Å². The van der Waals surface area contributed by atoms with Crippen LogP contribution in [0.4, 0.5) is 8.78 Å². The second kappa shape index (κ2) is 9.32. The maximum Gasteiger partial charge on any atom is 0.282 e. The molecule has 5 rings (SSSR count). The van der Waals surface area contributed by atoms with Gasteiger partial charge in [0.1, 0.15) is 17.3 Å². The number of pyridine rings is 2. The molecule has 4 heterocycles. The summed E-state index contributed by atoms with van der Waals surface area (Å²) in [5.74, 6) is -0.567. The van der Waals surface area contributed by atoms with Gasteiger partial charge in [-0.1, -0.05) is 0 Å². The lowest BCUT2D eigenvalue weighted by Crippen LogP contribution is -2.53. The number of hydrogen-bond acceptors (Lipinski definition) is 6. The van der Waals surface area contributed by atoms with Gasteiger partial charge in [-0.05, 0) is 36.8 Å². The van der Waals surface area contributed by atoms with E-state index in [4.69, 9.17) is 4.74 Å². The average Bonchev–Trinajstić information content (AvgIpc) is 3.27. The fourth-order valence-corrected chi connectivity index (χ4v) is 4.21. The molecule has 0 bridgehead atoms. The van der Waals surface area contributed by atoms with E-state index >= 15 is 0 Å². The van der Waals surface area contributed by atoms with E-state index in [-0.39, 0.29) is 17.5 Å². The van der Waals surface area contributed by atoms with E-state index in [2.05, 4.69) is 25.3 Å². The smallest absolute Gasteiger partial charge is 0.282 e. The van der Waals surface area contributed by atoms with Crippen LogP contribution < -0.4 is 10.2 Å². The first-order valence-electron chi connectivity index (χ1n) is 11.0. The van der Waals surface area contributed by atoms with E-state index in [9.17, 15) is 13.6 Å². The van der Waals surface area contributed by atoms with E-state index in [0.29, 0.717) is 65.1 Å². The Bertz CT molecular complexity index is 1350. The molecule has 34 heavy (non-hydrogen) atoms. The van der Waals surface area contributed by atoms with Crippen molar-refractivity contribution >= 4 is 27.8 Å². The van der Waals surface area contributed by atoms with Crippen molar-refractivity contribution in [3.63, 3.8) is 0 Å². The van der Waals surface area contributed by atoms with Gasteiger partial charge in [0.25, 0.3) is 5.91 Å². The second-order valence-corrected chi connectivity index (χ2v) is 8.24. The minimum atomic E-state index is -0.377. The zero-order chi connectivity index (χ0) is 23.7. The zero-order valence-corrected chi connectivity index (χ0v) is 18.6. The lowest BCUT2D eigenvalue weighted by molar-refractivity contribution is 0.0618. The summed E-state index contributed by atoms with van der Waals surface area (Å²) in [6.07, 6.45) is 1.72. The number of piperazine rings is 1. The molecule has 0 saturated carbocycles. The minimum Gasteiger partial charge on any atom is -0.481 e. The average molecular weight is 466 g/mol. The van der Waals surface area contributed by atoms with Crippen molar-refractivity contribution in [3.8, 4) is 5.88 Å². The van der Waals surface area contributed by atoms with Crippen molar-refractivity contribution < 1.29 is 18.3 Å². The van der Waals surface area contributed by atoms with Crippen molar-refractivity contribution in [2.75, 3.05) is 39.8 Å². The van der Waals surface area contributed by atoms with Crippen LogP contribution in [-0.4, -0.2) is 70.6 Å². The van der Waals surface area contributed by atoms with Crippen LogP contribution in [0.2, 0.25) is 0 Å². The molecule has 1 aliphatic rings. The summed E-state index contributed by atoms with van der Waals surface area (Å²) in [5.41, 5.74) is 5.66. The SMILES string of the molecule is COc1ccc2ncc(F)c(CCN3CCN(NC(=O)c4cc5cc(F)ccc5[nH]4)CC3)c2n1. The molecule has 1 aromatic carbocycles. The van der Waals surface area contributed by atoms with Crippen LogP contribution in [0.5, 0.6) is 5.88 Å². The molecule has 0 spiro atoms. The molecule has 0 unspecified atom stereocenters. The van der Waals surface area contributed by atoms with E-state index < -0.39 is 0 Å². The van der Waals surface area contributed by atoms with Crippen LogP contribution in [0.3, 0.4) is 0 Å². The Hall–Kier alpha value is -3.63. The molecule has 0 atom stereocenters. The van der Waals surface area contributed by atoms with Crippen LogP contribution >= 0.6 is 0 Å². The van der Waals surface area contributed by atoms with Crippen LogP contribution in [0.1, 0.15) is 16.1 Å². The second-order valence-electron chi connectivity index (χ2n) is 8.24. The summed E-state index contributed by atoms with van der Waals surface area (Å²) >= 11 is 0. The molecule has 1 aliphatic heterocycles. The highest BCUT2D eigenvalue weighted by atomic mass is 19.1. The van der Waals surface area contributed by atoms with Crippen LogP contribution in [0.25, 0.3) is 21.9 Å². The van der Waals surface area contributed by atoms with Crippen molar-refractivity contribution in [2.45, 2.75) is 6.42 Å². The van der Waals surface area contributed by atoms with Crippen LogP contribution in [-0.2, 0) is 6.42 Å². The number of benzene rings is 1. The molecule has 3 aromatic heterocycles. The molecule has 0 aliphatic carbocycles. The molecule has 0 radical (unpaired) electrons. The topological polar surface area (TPSA) is 86.4 Å². The van der Waals surface area contributed by atoms with Gasteiger partial charge < -0.3 is 14.6 Å². The number of carbonyl (C=O) groups excluding carboxylic acids is 1. The Kier molecular flexibility index (Phi) is 6.08. The van der Waals surface area contributed by atoms with Crippen molar-refractivity contribution in [1.29, 1.82) is 0 Å².